The van der Waals surface area contributed by atoms with Gasteiger partial charge in [0.25, 0.3) is 5.91 Å². The van der Waals surface area contributed by atoms with Crippen molar-refractivity contribution in [3.05, 3.63) is 83.6 Å². The summed E-state index contributed by atoms with van der Waals surface area (Å²) in [5, 5.41) is 32.9. The zero-order valence-electron chi connectivity index (χ0n) is 18.6. The molecule has 0 aliphatic heterocycles. The van der Waals surface area contributed by atoms with E-state index in [4.69, 9.17) is 4.42 Å². The van der Waals surface area contributed by atoms with Gasteiger partial charge in [0.1, 0.15) is 11.8 Å². The van der Waals surface area contributed by atoms with Gasteiger partial charge in [-0.05, 0) is 41.3 Å². The third-order valence-electron chi connectivity index (χ3n) is 6.24. The molecule has 1 aromatic heterocycles. The average Bonchev–Trinajstić information content (AvgIpc) is 3.47. The molecule has 0 bridgehead atoms. The second kappa shape index (κ2) is 9.98. The van der Waals surface area contributed by atoms with Gasteiger partial charge in [-0.3, -0.25) is 14.8 Å². The summed E-state index contributed by atoms with van der Waals surface area (Å²) in [4.78, 5) is 28.0. The van der Waals surface area contributed by atoms with Crippen LogP contribution in [0.15, 0.2) is 71.3 Å². The predicted molar refractivity (Wildman–Crippen MR) is 123 cm³/mol. The Morgan fingerprint density at radius 1 is 1.12 bits per heavy atom. The molecule has 0 radical (unpaired) electrons. The lowest BCUT2D eigenvalue weighted by Crippen LogP contribution is -2.54. The number of likely N-dealkylation sites (N-methyl/N-ethyl adjacent to an activating group) is 1. The summed E-state index contributed by atoms with van der Waals surface area (Å²) in [7, 11) is 1.58. The van der Waals surface area contributed by atoms with E-state index in [1.807, 2.05) is 24.3 Å². The molecular weight excluding hydrogens is 438 g/mol. The number of hydrogen-bond donors (Lipinski definition) is 5. The fourth-order valence-electron chi connectivity index (χ4n) is 4.60. The van der Waals surface area contributed by atoms with Crippen LogP contribution in [-0.2, 0) is 22.4 Å². The monoisotopic (exact) mass is 465 g/mol. The minimum atomic E-state index is -1.16. The van der Waals surface area contributed by atoms with Crippen molar-refractivity contribution in [3.63, 3.8) is 0 Å². The van der Waals surface area contributed by atoms with Crippen molar-refractivity contribution in [2.24, 2.45) is 5.92 Å². The molecule has 1 aliphatic rings. The molecule has 1 aliphatic carbocycles. The van der Waals surface area contributed by atoms with E-state index in [2.05, 4.69) is 5.32 Å². The van der Waals surface area contributed by atoms with Gasteiger partial charge in [0.2, 0.25) is 5.91 Å². The molecule has 34 heavy (non-hydrogen) atoms. The van der Waals surface area contributed by atoms with Gasteiger partial charge in [-0.25, -0.2) is 5.48 Å². The normalized spacial score (nSPS) is 18.6. The Morgan fingerprint density at radius 2 is 1.91 bits per heavy atom. The molecule has 2 amide bonds. The number of nitrogens with zero attached hydrogens (tertiary/aromatic N) is 1. The number of phenolic OH excluding ortho intramolecular Hbond substituents is 1. The lowest BCUT2D eigenvalue weighted by Gasteiger charge is -2.33. The molecule has 4 atom stereocenters. The Kier molecular flexibility index (Phi) is 6.85. The van der Waals surface area contributed by atoms with Crippen LogP contribution in [0.3, 0.4) is 0 Å². The second-order valence-corrected chi connectivity index (χ2v) is 8.42. The largest absolute Gasteiger partial charge is 0.508 e. The molecule has 0 saturated carbocycles. The zero-order chi connectivity index (χ0) is 24.2. The molecule has 0 fully saturated rings. The van der Waals surface area contributed by atoms with Crippen molar-refractivity contribution in [2.75, 3.05) is 11.9 Å². The Bertz CT molecular complexity index is 1150. The quantitative estimate of drug-likeness (QED) is 0.253. The number of benzene rings is 2. The number of fused-ring (bicyclic) bond motifs is 1. The first-order chi connectivity index (χ1) is 16.4. The van der Waals surface area contributed by atoms with Crippen LogP contribution in [0.1, 0.15) is 22.7 Å². The topological polar surface area (TPSA) is 135 Å². The van der Waals surface area contributed by atoms with Gasteiger partial charge in [0.15, 0.2) is 5.88 Å². The van der Waals surface area contributed by atoms with Crippen molar-refractivity contribution < 1.29 is 29.4 Å². The summed E-state index contributed by atoms with van der Waals surface area (Å²) in [5.41, 5.74) is 4.05. The number of phenols is 1. The predicted octanol–water partition coefficient (Wildman–Crippen LogP) is 1.93. The summed E-state index contributed by atoms with van der Waals surface area (Å²) in [6.45, 7) is 0. The lowest BCUT2D eigenvalue weighted by molar-refractivity contribution is -0.137. The van der Waals surface area contributed by atoms with E-state index in [0.29, 0.717) is 17.9 Å². The second-order valence-electron chi connectivity index (χ2n) is 8.42. The van der Waals surface area contributed by atoms with Crippen molar-refractivity contribution in [1.29, 1.82) is 0 Å². The number of carbonyl (C=O) groups is 2. The average molecular weight is 466 g/mol. The number of amides is 2. The van der Waals surface area contributed by atoms with Crippen molar-refractivity contribution in [3.8, 4) is 5.75 Å². The lowest BCUT2D eigenvalue weighted by atomic mass is 9.89. The van der Waals surface area contributed by atoms with Crippen molar-refractivity contribution in [1.82, 2.24) is 10.8 Å². The molecule has 3 aromatic rings. The number of carbonyl (C=O) groups excluding carboxylic acids is 2. The summed E-state index contributed by atoms with van der Waals surface area (Å²) in [5.74, 6) is -1.94. The molecule has 0 spiro atoms. The number of rotatable bonds is 8. The number of hydroxylamine groups is 1. The van der Waals surface area contributed by atoms with Crippen LogP contribution >= 0.6 is 0 Å². The summed E-state index contributed by atoms with van der Waals surface area (Å²) in [6.07, 6.45) is 1.12. The number of aliphatic hydroxyl groups is 1. The number of nitrogens with one attached hydrogen (secondary N) is 2. The highest BCUT2D eigenvalue weighted by molar-refractivity contribution is 5.92. The SMILES string of the molecule is CN(c1ccco1)C(C(=O)NO)C(Cc1cccc(O)c1)C(=O)NC1c2ccccc2CC1O. The van der Waals surface area contributed by atoms with Gasteiger partial charge in [-0.1, -0.05) is 36.4 Å². The number of furan rings is 1. The first-order valence-electron chi connectivity index (χ1n) is 10.9. The fraction of sp³-hybridized carbons (Fsp3) is 0.280. The Balaban J connectivity index is 1.69. The maximum atomic E-state index is 13.7. The van der Waals surface area contributed by atoms with E-state index in [-0.39, 0.29) is 12.2 Å². The molecule has 5 N–H and O–H groups in total. The zero-order valence-corrected chi connectivity index (χ0v) is 18.6. The number of aliphatic hydroxyl groups excluding tert-OH is 1. The van der Waals surface area contributed by atoms with Gasteiger partial charge >= 0.3 is 0 Å². The van der Waals surface area contributed by atoms with Crippen LogP contribution in [0.2, 0.25) is 0 Å². The Morgan fingerprint density at radius 3 is 2.62 bits per heavy atom. The molecule has 9 heteroatoms. The summed E-state index contributed by atoms with van der Waals surface area (Å²) < 4.78 is 5.42. The van der Waals surface area contributed by atoms with Crippen LogP contribution < -0.4 is 15.7 Å². The summed E-state index contributed by atoms with van der Waals surface area (Å²) in [6, 6.07) is 15.4. The van der Waals surface area contributed by atoms with Crippen molar-refractivity contribution in [2.45, 2.75) is 31.0 Å². The van der Waals surface area contributed by atoms with Crippen molar-refractivity contribution >= 4 is 17.7 Å². The van der Waals surface area contributed by atoms with Crippen LogP contribution in [-0.4, -0.2) is 46.4 Å². The molecule has 0 saturated heterocycles. The molecule has 4 rings (SSSR count). The fourth-order valence-corrected chi connectivity index (χ4v) is 4.60. The molecule has 1 heterocycles. The Labute approximate surface area is 196 Å². The number of hydrogen-bond acceptors (Lipinski definition) is 7. The van der Waals surface area contributed by atoms with Crippen LogP contribution in [0, 0.1) is 5.92 Å². The highest BCUT2D eigenvalue weighted by Crippen LogP contribution is 2.32. The highest BCUT2D eigenvalue weighted by Gasteiger charge is 2.40. The van der Waals surface area contributed by atoms with E-state index in [9.17, 15) is 25.0 Å². The maximum Gasteiger partial charge on any atom is 0.266 e. The van der Waals surface area contributed by atoms with Crippen LogP contribution in [0.5, 0.6) is 5.75 Å². The first-order valence-corrected chi connectivity index (χ1v) is 10.9. The van der Waals surface area contributed by atoms with E-state index < -0.39 is 35.9 Å². The van der Waals surface area contributed by atoms with Gasteiger partial charge in [-0.15, -0.1) is 0 Å². The Hall–Kier alpha value is -3.82. The van der Waals surface area contributed by atoms with Gasteiger partial charge in [0, 0.05) is 19.5 Å². The van der Waals surface area contributed by atoms with Crippen LogP contribution in [0.25, 0.3) is 0 Å². The van der Waals surface area contributed by atoms with E-state index in [1.54, 1.807) is 36.8 Å². The molecule has 4 unspecified atom stereocenters. The molecule has 178 valence electrons. The van der Waals surface area contributed by atoms with E-state index >= 15 is 0 Å². The number of aromatic hydroxyl groups is 1. The molecule has 9 nitrogen and oxygen atoms in total. The molecule has 2 aromatic carbocycles. The smallest absolute Gasteiger partial charge is 0.266 e. The van der Waals surface area contributed by atoms with E-state index in [0.717, 1.165) is 11.1 Å². The highest BCUT2D eigenvalue weighted by atomic mass is 16.5. The first kappa shape index (κ1) is 23.3. The van der Waals surface area contributed by atoms with Crippen LogP contribution in [0.4, 0.5) is 5.88 Å². The third-order valence-corrected chi connectivity index (χ3v) is 6.24. The minimum absolute atomic E-state index is 0.0272. The summed E-state index contributed by atoms with van der Waals surface area (Å²) >= 11 is 0. The van der Waals surface area contributed by atoms with Gasteiger partial charge < -0.3 is 24.8 Å². The molecular formula is C25H27N3O6. The number of anilines is 1. The van der Waals surface area contributed by atoms with Gasteiger partial charge in [0.05, 0.1) is 24.3 Å². The maximum absolute atomic E-state index is 13.7. The van der Waals surface area contributed by atoms with E-state index in [1.165, 1.54) is 23.3 Å². The van der Waals surface area contributed by atoms with Gasteiger partial charge in [-0.2, -0.15) is 0 Å². The third kappa shape index (κ3) is 4.75. The minimum Gasteiger partial charge on any atom is -0.508 e. The standard InChI is InChI=1S/C25H27N3O6/c1-28(21-10-5-11-34-21)23(25(32)27-33)19(13-15-6-4-8-17(29)12-15)24(31)26-22-18-9-3-2-7-16(18)14-20(22)30/h2-12,19-20,22-23,29-30,33H,13-14H2,1H3,(H,26,31)(H,27,32).